The zero-order valence-electron chi connectivity index (χ0n) is 10.9. The predicted molar refractivity (Wildman–Crippen MR) is 66.9 cm³/mol. The van der Waals surface area contributed by atoms with Crippen molar-refractivity contribution in [2.24, 2.45) is 0 Å². The highest BCUT2D eigenvalue weighted by molar-refractivity contribution is 5.78. The minimum Gasteiger partial charge on any atom is -0.323 e. The topological polar surface area (TPSA) is 35.6 Å². The maximum absolute atomic E-state index is 12.3. The van der Waals surface area contributed by atoms with Crippen molar-refractivity contribution < 1.29 is 4.79 Å². The van der Waals surface area contributed by atoms with Crippen LogP contribution in [0.4, 0.5) is 4.79 Å². The number of hydrogen-bond acceptors (Lipinski definition) is 2. The summed E-state index contributed by atoms with van der Waals surface area (Å²) in [4.78, 5) is 16.5. The van der Waals surface area contributed by atoms with Crippen LogP contribution in [0, 0.1) is 0 Å². The van der Waals surface area contributed by atoms with Crippen molar-refractivity contribution in [1.82, 2.24) is 15.1 Å². The molecule has 2 unspecified atom stereocenters. The van der Waals surface area contributed by atoms with Gasteiger partial charge in [0, 0.05) is 31.7 Å². The maximum atomic E-state index is 12.3. The summed E-state index contributed by atoms with van der Waals surface area (Å²) in [5.74, 6) is 0. The number of piperidine rings is 1. The van der Waals surface area contributed by atoms with Crippen LogP contribution in [0.2, 0.25) is 0 Å². The SMILES string of the molecule is CCN1CC2(CC3CCC(C2)N3)N(CC)C1=O. The molecule has 3 saturated heterocycles. The third-order valence-electron chi connectivity index (χ3n) is 4.84. The van der Waals surface area contributed by atoms with Gasteiger partial charge < -0.3 is 15.1 Å². The standard InChI is InChI=1S/C13H23N3O/c1-3-15-9-13(16(4-2)12(15)17)7-10-5-6-11(8-13)14-10/h10-11,14H,3-9H2,1-2H3. The fourth-order valence-electron chi connectivity index (χ4n) is 4.17. The first-order valence-electron chi connectivity index (χ1n) is 7.01. The number of carbonyl (C=O) groups excluding carboxylic acids is 1. The second-order valence-corrected chi connectivity index (χ2v) is 5.81. The first-order chi connectivity index (χ1) is 8.18. The molecule has 0 saturated carbocycles. The molecule has 0 aromatic carbocycles. The molecule has 0 aromatic heterocycles. The second kappa shape index (κ2) is 3.87. The monoisotopic (exact) mass is 237 g/mol. The molecular weight excluding hydrogens is 214 g/mol. The van der Waals surface area contributed by atoms with E-state index in [9.17, 15) is 4.79 Å². The van der Waals surface area contributed by atoms with Gasteiger partial charge >= 0.3 is 6.03 Å². The smallest absolute Gasteiger partial charge is 0.320 e. The quantitative estimate of drug-likeness (QED) is 0.788. The molecule has 17 heavy (non-hydrogen) atoms. The molecule has 2 atom stereocenters. The number of fused-ring (bicyclic) bond motifs is 2. The first kappa shape index (κ1) is 11.3. The number of likely N-dealkylation sites (N-methyl/N-ethyl adjacent to an activating group) is 2. The van der Waals surface area contributed by atoms with Gasteiger partial charge in [-0.25, -0.2) is 4.79 Å². The lowest BCUT2D eigenvalue weighted by atomic mass is 9.83. The molecular formula is C13H23N3O. The van der Waals surface area contributed by atoms with Crippen molar-refractivity contribution in [3.8, 4) is 0 Å². The molecule has 3 aliphatic heterocycles. The first-order valence-corrected chi connectivity index (χ1v) is 7.01. The van der Waals surface area contributed by atoms with E-state index >= 15 is 0 Å². The summed E-state index contributed by atoms with van der Waals surface area (Å²) in [6.45, 7) is 6.85. The molecule has 3 rings (SSSR count). The fraction of sp³-hybridized carbons (Fsp3) is 0.923. The summed E-state index contributed by atoms with van der Waals surface area (Å²) in [6, 6.07) is 1.55. The van der Waals surface area contributed by atoms with Gasteiger partial charge in [-0.15, -0.1) is 0 Å². The van der Waals surface area contributed by atoms with E-state index in [2.05, 4.69) is 24.1 Å². The van der Waals surface area contributed by atoms with E-state index in [-0.39, 0.29) is 11.6 Å². The fourth-order valence-corrected chi connectivity index (χ4v) is 4.17. The molecule has 4 nitrogen and oxygen atoms in total. The average molecular weight is 237 g/mol. The molecule has 2 bridgehead atoms. The van der Waals surface area contributed by atoms with Crippen LogP contribution in [-0.2, 0) is 0 Å². The average Bonchev–Trinajstić information content (AvgIpc) is 2.78. The van der Waals surface area contributed by atoms with Gasteiger partial charge in [0.05, 0.1) is 5.54 Å². The van der Waals surface area contributed by atoms with E-state index < -0.39 is 0 Å². The van der Waals surface area contributed by atoms with Gasteiger partial charge in [-0.3, -0.25) is 0 Å². The van der Waals surface area contributed by atoms with Gasteiger partial charge in [-0.1, -0.05) is 0 Å². The van der Waals surface area contributed by atoms with Crippen molar-refractivity contribution in [2.75, 3.05) is 19.6 Å². The molecule has 96 valence electrons. The summed E-state index contributed by atoms with van der Waals surface area (Å²) in [5.41, 5.74) is 0.138. The highest BCUT2D eigenvalue weighted by Crippen LogP contribution is 2.42. The van der Waals surface area contributed by atoms with Gasteiger partial charge in [-0.2, -0.15) is 0 Å². The van der Waals surface area contributed by atoms with Crippen LogP contribution in [0.25, 0.3) is 0 Å². The lowest BCUT2D eigenvalue weighted by Gasteiger charge is -2.43. The molecule has 1 spiro atoms. The van der Waals surface area contributed by atoms with Gasteiger partial charge in [-0.05, 0) is 39.5 Å². The van der Waals surface area contributed by atoms with Crippen molar-refractivity contribution in [3.05, 3.63) is 0 Å². The van der Waals surface area contributed by atoms with E-state index in [1.54, 1.807) is 0 Å². The number of carbonyl (C=O) groups is 1. The van der Waals surface area contributed by atoms with Crippen LogP contribution < -0.4 is 5.32 Å². The van der Waals surface area contributed by atoms with Gasteiger partial charge in [0.15, 0.2) is 0 Å². The summed E-state index contributed by atoms with van der Waals surface area (Å²) in [6.07, 6.45) is 4.90. The van der Waals surface area contributed by atoms with Crippen LogP contribution in [0.5, 0.6) is 0 Å². The summed E-state index contributed by atoms with van der Waals surface area (Å²) < 4.78 is 0. The van der Waals surface area contributed by atoms with Crippen LogP contribution in [-0.4, -0.2) is 53.1 Å². The maximum Gasteiger partial charge on any atom is 0.320 e. The number of rotatable bonds is 2. The Morgan fingerprint density at radius 2 is 1.88 bits per heavy atom. The van der Waals surface area contributed by atoms with E-state index in [0.29, 0.717) is 12.1 Å². The normalized spacial score (nSPS) is 40.7. The van der Waals surface area contributed by atoms with Crippen molar-refractivity contribution in [1.29, 1.82) is 0 Å². The largest absolute Gasteiger partial charge is 0.323 e. The van der Waals surface area contributed by atoms with Crippen molar-refractivity contribution >= 4 is 6.03 Å². The molecule has 2 amide bonds. The Labute approximate surface area is 103 Å². The molecule has 0 aromatic rings. The number of nitrogens with one attached hydrogen (secondary N) is 1. The third-order valence-corrected chi connectivity index (χ3v) is 4.84. The van der Waals surface area contributed by atoms with E-state index in [4.69, 9.17) is 0 Å². The lowest BCUT2D eigenvalue weighted by molar-refractivity contribution is 0.109. The Bertz CT molecular complexity index is 319. The molecule has 3 heterocycles. The van der Waals surface area contributed by atoms with Gasteiger partial charge in [0.2, 0.25) is 0 Å². The lowest BCUT2D eigenvalue weighted by Crippen LogP contribution is -2.57. The Morgan fingerprint density at radius 3 is 2.41 bits per heavy atom. The number of nitrogens with zero attached hydrogens (tertiary/aromatic N) is 2. The zero-order valence-corrected chi connectivity index (χ0v) is 10.9. The molecule has 0 radical (unpaired) electrons. The Kier molecular flexibility index (Phi) is 2.58. The highest BCUT2D eigenvalue weighted by Gasteiger charge is 2.53. The minimum atomic E-state index is 0.138. The summed E-state index contributed by atoms with van der Waals surface area (Å²) >= 11 is 0. The van der Waals surface area contributed by atoms with Crippen molar-refractivity contribution in [3.63, 3.8) is 0 Å². The summed E-state index contributed by atoms with van der Waals surface area (Å²) in [7, 11) is 0. The van der Waals surface area contributed by atoms with Crippen LogP contribution in [0.15, 0.2) is 0 Å². The molecule has 3 aliphatic rings. The Hall–Kier alpha value is -0.770. The van der Waals surface area contributed by atoms with Crippen LogP contribution >= 0.6 is 0 Å². The Morgan fingerprint density at radius 1 is 1.24 bits per heavy atom. The van der Waals surface area contributed by atoms with Crippen LogP contribution in [0.1, 0.15) is 39.5 Å². The zero-order chi connectivity index (χ0) is 12.0. The Balaban J connectivity index is 1.88. The number of amides is 2. The van der Waals surface area contributed by atoms with E-state index in [1.807, 2.05) is 4.90 Å². The molecule has 3 fully saturated rings. The molecule has 0 aliphatic carbocycles. The van der Waals surface area contributed by atoms with Crippen molar-refractivity contribution in [2.45, 2.75) is 57.2 Å². The highest BCUT2D eigenvalue weighted by atomic mass is 16.2. The van der Waals surface area contributed by atoms with Crippen LogP contribution in [0.3, 0.4) is 0 Å². The second-order valence-electron chi connectivity index (χ2n) is 5.81. The minimum absolute atomic E-state index is 0.138. The van der Waals surface area contributed by atoms with Gasteiger partial charge in [0.1, 0.15) is 0 Å². The molecule has 1 N–H and O–H groups in total. The number of hydrogen-bond donors (Lipinski definition) is 1. The summed E-state index contributed by atoms with van der Waals surface area (Å²) in [5, 5.41) is 3.68. The third kappa shape index (κ3) is 1.57. The molecule has 4 heteroatoms. The van der Waals surface area contributed by atoms with Gasteiger partial charge in [0.25, 0.3) is 0 Å². The van der Waals surface area contributed by atoms with E-state index in [1.165, 1.54) is 12.8 Å². The predicted octanol–water partition coefficient (Wildman–Crippen LogP) is 1.42. The number of urea groups is 1. The van der Waals surface area contributed by atoms with E-state index in [0.717, 1.165) is 32.5 Å².